The minimum absolute atomic E-state index is 0.667. The van der Waals surface area contributed by atoms with Gasteiger partial charge in [0.05, 0.1) is 12.1 Å². The van der Waals surface area contributed by atoms with Gasteiger partial charge in [-0.05, 0) is 43.3 Å². The highest BCUT2D eigenvalue weighted by Gasteiger charge is 2.07. The van der Waals surface area contributed by atoms with Crippen molar-refractivity contribution in [2.45, 2.75) is 6.92 Å². The molecule has 0 spiro atoms. The lowest BCUT2D eigenvalue weighted by atomic mass is 10.2. The van der Waals surface area contributed by atoms with Gasteiger partial charge in [0, 0.05) is 12.6 Å². The van der Waals surface area contributed by atoms with Gasteiger partial charge in [0.2, 0.25) is 0 Å². The van der Waals surface area contributed by atoms with Crippen LogP contribution < -0.4 is 10.1 Å². The molecule has 0 bridgehead atoms. The van der Waals surface area contributed by atoms with E-state index in [1.807, 2.05) is 50.4 Å². The van der Waals surface area contributed by atoms with Crippen molar-refractivity contribution >= 4 is 17.0 Å². The molecule has 5 nitrogen and oxygen atoms in total. The van der Waals surface area contributed by atoms with E-state index in [1.165, 1.54) is 0 Å². The molecule has 0 unspecified atom stereocenters. The number of imidazole rings is 1. The average molecular weight is 268 g/mol. The van der Waals surface area contributed by atoms with Crippen LogP contribution in [0.15, 0.2) is 36.4 Å². The van der Waals surface area contributed by atoms with E-state index in [4.69, 9.17) is 4.74 Å². The zero-order chi connectivity index (χ0) is 13.9. The first kappa shape index (κ1) is 12.5. The van der Waals surface area contributed by atoms with Gasteiger partial charge in [0.25, 0.3) is 0 Å². The molecule has 0 radical (unpaired) electrons. The standard InChI is InChI=1S/C15H16N4O/c1-3-20-11-6-4-10(5-7-11)14-17-12-8-9-13(16-2)18-15(12)19-14/h4-9H,3H2,1-2H3,(H2,16,17,18,19). The Morgan fingerprint density at radius 1 is 1.10 bits per heavy atom. The molecule has 0 saturated heterocycles. The van der Waals surface area contributed by atoms with Crippen LogP contribution >= 0.6 is 0 Å². The van der Waals surface area contributed by atoms with Gasteiger partial charge in [-0.2, -0.15) is 0 Å². The van der Waals surface area contributed by atoms with Crippen LogP contribution in [-0.4, -0.2) is 28.6 Å². The largest absolute Gasteiger partial charge is 0.494 e. The SMILES string of the molecule is CCOc1ccc(-c2nc3nc(NC)ccc3[nH]2)cc1. The molecule has 0 aliphatic carbocycles. The van der Waals surface area contributed by atoms with Gasteiger partial charge < -0.3 is 15.0 Å². The zero-order valence-electron chi connectivity index (χ0n) is 11.5. The van der Waals surface area contributed by atoms with Gasteiger partial charge in [0.1, 0.15) is 17.4 Å². The van der Waals surface area contributed by atoms with Crippen LogP contribution in [-0.2, 0) is 0 Å². The van der Waals surface area contributed by atoms with E-state index < -0.39 is 0 Å². The minimum atomic E-state index is 0.667. The van der Waals surface area contributed by atoms with Crippen molar-refractivity contribution in [2.75, 3.05) is 19.0 Å². The lowest BCUT2D eigenvalue weighted by molar-refractivity contribution is 0.340. The fraction of sp³-hybridized carbons (Fsp3) is 0.200. The fourth-order valence-electron chi connectivity index (χ4n) is 2.04. The number of hydrogen-bond donors (Lipinski definition) is 2. The summed E-state index contributed by atoms with van der Waals surface area (Å²) in [5.74, 6) is 2.48. The summed E-state index contributed by atoms with van der Waals surface area (Å²) in [6.07, 6.45) is 0. The van der Waals surface area contributed by atoms with Crippen molar-refractivity contribution in [1.29, 1.82) is 0 Å². The molecule has 0 aliphatic heterocycles. The highest BCUT2D eigenvalue weighted by molar-refractivity contribution is 5.77. The zero-order valence-corrected chi connectivity index (χ0v) is 11.5. The summed E-state index contributed by atoms with van der Waals surface area (Å²) >= 11 is 0. The van der Waals surface area contributed by atoms with Crippen molar-refractivity contribution in [2.24, 2.45) is 0 Å². The summed E-state index contributed by atoms with van der Waals surface area (Å²) in [5, 5.41) is 3.01. The summed E-state index contributed by atoms with van der Waals surface area (Å²) in [6.45, 7) is 2.64. The van der Waals surface area contributed by atoms with Crippen LogP contribution in [0, 0.1) is 0 Å². The van der Waals surface area contributed by atoms with E-state index in [9.17, 15) is 0 Å². The number of H-pyrrole nitrogens is 1. The Balaban J connectivity index is 1.96. The van der Waals surface area contributed by atoms with Crippen LogP contribution in [0.1, 0.15) is 6.92 Å². The molecule has 0 aliphatic rings. The van der Waals surface area contributed by atoms with Gasteiger partial charge in [0.15, 0.2) is 5.65 Å². The first-order valence-electron chi connectivity index (χ1n) is 6.58. The second kappa shape index (κ2) is 5.21. The molecule has 0 amide bonds. The van der Waals surface area contributed by atoms with Crippen molar-refractivity contribution in [1.82, 2.24) is 15.0 Å². The molecule has 0 fully saturated rings. The number of aromatic amines is 1. The maximum absolute atomic E-state index is 5.43. The first-order chi connectivity index (χ1) is 9.80. The van der Waals surface area contributed by atoms with Crippen molar-refractivity contribution in [3.63, 3.8) is 0 Å². The van der Waals surface area contributed by atoms with Gasteiger partial charge >= 0.3 is 0 Å². The number of aromatic nitrogens is 3. The van der Waals surface area contributed by atoms with E-state index >= 15 is 0 Å². The van der Waals surface area contributed by atoms with Crippen LogP contribution in [0.3, 0.4) is 0 Å². The quantitative estimate of drug-likeness (QED) is 0.763. The van der Waals surface area contributed by atoms with E-state index in [2.05, 4.69) is 20.3 Å². The number of anilines is 1. The molecule has 3 aromatic rings. The Kier molecular flexibility index (Phi) is 3.25. The molecular weight excluding hydrogens is 252 g/mol. The van der Waals surface area contributed by atoms with Crippen LogP contribution in [0.5, 0.6) is 5.75 Å². The molecular formula is C15H16N4O. The predicted molar refractivity (Wildman–Crippen MR) is 80.0 cm³/mol. The molecule has 1 aromatic carbocycles. The minimum Gasteiger partial charge on any atom is -0.494 e. The van der Waals surface area contributed by atoms with Crippen LogP contribution in [0.4, 0.5) is 5.82 Å². The Morgan fingerprint density at radius 2 is 1.90 bits per heavy atom. The molecule has 5 heteroatoms. The van der Waals surface area contributed by atoms with Gasteiger partial charge in [-0.1, -0.05) is 0 Å². The van der Waals surface area contributed by atoms with Crippen LogP contribution in [0.25, 0.3) is 22.6 Å². The van der Waals surface area contributed by atoms with E-state index in [0.717, 1.165) is 28.5 Å². The summed E-state index contributed by atoms with van der Waals surface area (Å²) in [7, 11) is 1.84. The molecule has 20 heavy (non-hydrogen) atoms. The predicted octanol–water partition coefficient (Wildman–Crippen LogP) is 3.07. The van der Waals surface area contributed by atoms with Gasteiger partial charge in [-0.3, -0.25) is 0 Å². The Bertz CT molecular complexity index is 718. The number of benzene rings is 1. The number of fused-ring (bicyclic) bond motifs is 1. The summed E-state index contributed by atoms with van der Waals surface area (Å²) in [6, 6.07) is 11.8. The Hall–Kier alpha value is -2.56. The highest BCUT2D eigenvalue weighted by Crippen LogP contribution is 2.22. The topological polar surface area (TPSA) is 62.8 Å². The van der Waals surface area contributed by atoms with Gasteiger partial charge in [-0.15, -0.1) is 0 Å². The lowest BCUT2D eigenvalue weighted by Crippen LogP contribution is -1.91. The third kappa shape index (κ3) is 2.30. The van der Waals surface area contributed by atoms with Crippen molar-refractivity contribution in [3.05, 3.63) is 36.4 Å². The number of ether oxygens (including phenoxy) is 1. The molecule has 0 atom stereocenters. The highest BCUT2D eigenvalue weighted by atomic mass is 16.5. The number of nitrogens with zero attached hydrogens (tertiary/aromatic N) is 2. The molecule has 2 heterocycles. The number of rotatable bonds is 4. The molecule has 0 saturated carbocycles. The average Bonchev–Trinajstić information content (AvgIpc) is 2.91. The lowest BCUT2D eigenvalue weighted by Gasteiger charge is -2.02. The Labute approximate surface area is 117 Å². The molecule has 2 N–H and O–H groups in total. The van der Waals surface area contributed by atoms with Crippen molar-refractivity contribution in [3.8, 4) is 17.1 Å². The van der Waals surface area contributed by atoms with Crippen LogP contribution in [0.2, 0.25) is 0 Å². The first-order valence-corrected chi connectivity index (χ1v) is 6.58. The number of pyridine rings is 1. The summed E-state index contributed by atoms with van der Waals surface area (Å²) in [4.78, 5) is 12.2. The third-order valence-corrected chi connectivity index (χ3v) is 3.04. The smallest absolute Gasteiger partial charge is 0.180 e. The van der Waals surface area contributed by atoms with E-state index in [0.29, 0.717) is 12.3 Å². The normalized spacial score (nSPS) is 10.7. The summed E-state index contributed by atoms with van der Waals surface area (Å²) in [5.41, 5.74) is 2.64. The monoisotopic (exact) mass is 268 g/mol. The summed E-state index contributed by atoms with van der Waals surface area (Å²) < 4.78 is 5.43. The number of hydrogen-bond acceptors (Lipinski definition) is 4. The second-order valence-corrected chi connectivity index (χ2v) is 4.36. The van der Waals surface area contributed by atoms with Gasteiger partial charge in [-0.25, -0.2) is 9.97 Å². The maximum Gasteiger partial charge on any atom is 0.180 e. The van der Waals surface area contributed by atoms with E-state index in [1.54, 1.807) is 0 Å². The maximum atomic E-state index is 5.43. The van der Waals surface area contributed by atoms with Crippen molar-refractivity contribution < 1.29 is 4.74 Å². The molecule has 2 aromatic heterocycles. The second-order valence-electron chi connectivity index (χ2n) is 4.36. The number of nitrogens with one attached hydrogen (secondary N) is 2. The third-order valence-electron chi connectivity index (χ3n) is 3.04. The molecule has 3 rings (SSSR count). The Morgan fingerprint density at radius 3 is 2.60 bits per heavy atom. The fourth-order valence-corrected chi connectivity index (χ4v) is 2.04. The van der Waals surface area contributed by atoms with E-state index in [-0.39, 0.29) is 0 Å². The molecule has 102 valence electrons.